The summed E-state index contributed by atoms with van der Waals surface area (Å²) in [4.78, 5) is 26.2. The lowest BCUT2D eigenvalue weighted by molar-refractivity contribution is -0.288. The van der Waals surface area contributed by atoms with E-state index in [2.05, 4.69) is 0 Å². The summed E-state index contributed by atoms with van der Waals surface area (Å²) in [5.41, 5.74) is -13.7. The van der Waals surface area contributed by atoms with E-state index >= 15 is 26.3 Å². The first-order valence-electron chi connectivity index (χ1n) is 19.7. The molecule has 19 heteroatoms. The third-order valence-corrected chi connectivity index (χ3v) is 10.9. The van der Waals surface area contributed by atoms with E-state index in [0.717, 1.165) is 60.7 Å². The average molecular weight is 955 g/mol. The molecule has 0 saturated heterocycles. The van der Waals surface area contributed by atoms with Crippen molar-refractivity contribution >= 4 is 11.6 Å². The van der Waals surface area contributed by atoms with Crippen molar-refractivity contribution in [1.29, 1.82) is 0 Å². The first kappa shape index (κ1) is 49.5. The molecule has 6 aromatic carbocycles. The SMILES string of the molecule is CCOc1ccc(C(c2ccc(Oc3c(F)c(F)c(C(=O)c4ccc(Oc5ccc(C(=O)c6c(F)c(F)c(C(C)(C)CC)c(F)c6F)cc5)cc4)c(F)c3F)cc2)(C(F)(F)F)C(F)(F)F)cc1. The van der Waals surface area contributed by atoms with E-state index in [9.17, 15) is 44.7 Å². The van der Waals surface area contributed by atoms with Crippen LogP contribution in [0.3, 0.4) is 0 Å². The molecular weight excluding hydrogens is 922 g/mol. The minimum atomic E-state index is -6.02. The molecule has 352 valence electrons. The van der Waals surface area contributed by atoms with Crippen molar-refractivity contribution in [2.45, 2.75) is 57.3 Å². The van der Waals surface area contributed by atoms with Crippen molar-refractivity contribution in [3.05, 3.63) is 183 Å². The zero-order chi connectivity index (χ0) is 49.6. The second-order valence-corrected chi connectivity index (χ2v) is 15.3. The number of carbonyl (C=O) groups excluding carboxylic acids is 2. The van der Waals surface area contributed by atoms with Gasteiger partial charge in [0.05, 0.1) is 6.61 Å². The molecule has 0 aliphatic rings. The molecule has 0 aliphatic carbocycles. The molecule has 5 nitrogen and oxygen atoms in total. The lowest BCUT2D eigenvalue weighted by atomic mass is 9.73. The van der Waals surface area contributed by atoms with Crippen LogP contribution in [0.4, 0.5) is 61.5 Å². The van der Waals surface area contributed by atoms with Crippen LogP contribution in [-0.2, 0) is 10.8 Å². The summed E-state index contributed by atoms with van der Waals surface area (Å²) in [6.45, 7) is 5.87. The molecule has 0 saturated carbocycles. The molecule has 0 aromatic heterocycles. The fraction of sp³-hybridized carbons (Fsp3) is 0.208. The van der Waals surface area contributed by atoms with E-state index < -0.39 is 132 Å². The van der Waals surface area contributed by atoms with Gasteiger partial charge >= 0.3 is 12.4 Å². The summed E-state index contributed by atoms with van der Waals surface area (Å²) in [6.07, 6.45) is -11.9. The lowest BCUT2D eigenvalue weighted by Gasteiger charge is -2.38. The fourth-order valence-corrected chi connectivity index (χ4v) is 7.12. The van der Waals surface area contributed by atoms with Gasteiger partial charge in [0.25, 0.3) is 0 Å². The number of ketones is 2. The molecule has 0 heterocycles. The highest BCUT2D eigenvalue weighted by Gasteiger charge is 2.72. The van der Waals surface area contributed by atoms with Gasteiger partial charge in [-0.25, -0.2) is 26.3 Å². The van der Waals surface area contributed by atoms with E-state index in [-0.39, 0.29) is 30.3 Å². The highest BCUT2D eigenvalue weighted by molar-refractivity contribution is 6.10. The van der Waals surface area contributed by atoms with Crippen molar-refractivity contribution in [2.75, 3.05) is 6.61 Å². The number of hydrogen-bond acceptors (Lipinski definition) is 5. The Morgan fingerprint density at radius 3 is 1.12 bits per heavy atom. The van der Waals surface area contributed by atoms with Crippen molar-refractivity contribution in [1.82, 2.24) is 0 Å². The molecule has 67 heavy (non-hydrogen) atoms. The second kappa shape index (κ2) is 18.4. The molecule has 6 rings (SSSR count). The average Bonchev–Trinajstić information content (AvgIpc) is 3.27. The van der Waals surface area contributed by atoms with E-state index in [1.54, 1.807) is 6.92 Å². The van der Waals surface area contributed by atoms with Gasteiger partial charge < -0.3 is 14.2 Å². The summed E-state index contributed by atoms with van der Waals surface area (Å²) in [5.74, 6) is -22.2. The summed E-state index contributed by atoms with van der Waals surface area (Å²) in [7, 11) is 0. The van der Waals surface area contributed by atoms with Gasteiger partial charge in [-0.1, -0.05) is 45.0 Å². The van der Waals surface area contributed by atoms with Gasteiger partial charge in [0.15, 0.2) is 46.5 Å². The Balaban J connectivity index is 1.20. The molecule has 0 N–H and O–H groups in total. The first-order valence-corrected chi connectivity index (χ1v) is 19.7. The van der Waals surface area contributed by atoms with Crippen LogP contribution in [0.1, 0.15) is 82.6 Å². The normalized spacial score (nSPS) is 12.3. The van der Waals surface area contributed by atoms with E-state index in [0.29, 0.717) is 36.4 Å². The van der Waals surface area contributed by atoms with Crippen LogP contribution in [0, 0.1) is 46.5 Å². The Morgan fingerprint density at radius 1 is 0.448 bits per heavy atom. The second-order valence-electron chi connectivity index (χ2n) is 15.3. The molecular formula is C48H32F14O5. The van der Waals surface area contributed by atoms with E-state index in [1.165, 1.54) is 20.8 Å². The van der Waals surface area contributed by atoms with Crippen LogP contribution in [0.25, 0.3) is 0 Å². The third-order valence-electron chi connectivity index (χ3n) is 10.9. The fourth-order valence-electron chi connectivity index (χ4n) is 7.12. The Kier molecular flexibility index (Phi) is 13.6. The first-order chi connectivity index (χ1) is 31.3. The predicted octanol–water partition coefficient (Wildman–Crippen LogP) is 14.3. The molecule has 6 aromatic rings. The number of ether oxygens (including phenoxy) is 3. The predicted molar refractivity (Wildman–Crippen MR) is 213 cm³/mol. The molecule has 0 bridgehead atoms. The quantitative estimate of drug-likeness (QED) is 0.0618. The van der Waals surface area contributed by atoms with Gasteiger partial charge in [-0.15, -0.1) is 0 Å². The number of hydrogen-bond donors (Lipinski definition) is 0. The van der Waals surface area contributed by atoms with Crippen molar-refractivity contribution in [2.24, 2.45) is 0 Å². The maximum Gasteiger partial charge on any atom is 0.411 e. The smallest absolute Gasteiger partial charge is 0.411 e. The summed E-state index contributed by atoms with van der Waals surface area (Å²) in [5, 5.41) is 0. The highest BCUT2D eigenvalue weighted by atomic mass is 19.4. The maximum absolute atomic E-state index is 15.3. The molecule has 0 radical (unpaired) electrons. The summed E-state index contributed by atoms with van der Waals surface area (Å²) >= 11 is 0. The topological polar surface area (TPSA) is 61.8 Å². The zero-order valence-electron chi connectivity index (χ0n) is 35.0. The van der Waals surface area contributed by atoms with Crippen molar-refractivity contribution in [3.63, 3.8) is 0 Å². The minimum absolute atomic E-state index is 0.0243. The molecule has 0 spiro atoms. The number of carbonyl (C=O) groups is 2. The maximum atomic E-state index is 15.3. The largest absolute Gasteiger partial charge is 0.494 e. The third kappa shape index (κ3) is 8.90. The van der Waals surface area contributed by atoms with Gasteiger partial charge in [-0.05, 0) is 103 Å². The molecule has 0 fully saturated rings. The standard InChI is InChI=1S/C48H32F14O5/c1-5-45(3,4)33-38(53)34(49)31(35(50)39(33)54)42(63)23-7-15-28(16-8-23)66-29-17-9-24(10-18-29)43(64)32-36(51)40(55)44(41(56)37(32)52)67-30-21-13-26(14-22-30)46(47(57,58)59,48(60,61)62)25-11-19-27(20-12-25)65-6-2/h7-22H,5-6H2,1-4H3. The number of halogens is 14. The highest BCUT2D eigenvalue weighted by Crippen LogP contribution is 2.56. The van der Waals surface area contributed by atoms with Gasteiger partial charge in [-0.3, -0.25) is 9.59 Å². The monoisotopic (exact) mass is 954 g/mol. The molecule has 0 amide bonds. The Hall–Kier alpha value is -6.92. The van der Waals surface area contributed by atoms with Gasteiger partial charge in [-0.2, -0.15) is 35.1 Å². The summed E-state index contributed by atoms with van der Waals surface area (Å²) in [6, 6.07) is 12.6. The van der Waals surface area contributed by atoms with Crippen LogP contribution in [0.15, 0.2) is 97.1 Å². The van der Waals surface area contributed by atoms with Crippen molar-refractivity contribution in [3.8, 4) is 28.7 Å². The summed E-state index contributed by atoms with van der Waals surface area (Å²) < 4.78 is 224. The van der Waals surface area contributed by atoms with Gasteiger partial charge in [0, 0.05) is 16.7 Å². The van der Waals surface area contributed by atoms with Crippen LogP contribution in [0.5, 0.6) is 28.7 Å². The van der Waals surface area contributed by atoms with Gasteiger partial charge in [0.1, 0.15) is 34.1 Å². The van der Waals surface area contributed by atoms with Crippen LogP contribution < -0.4 is 14.2 Å². The molecule has 0 unspecified atom stereocenters. The van der Waals surface area contributed by atoms with E-state index in [4.69, 9.17) is 14.2 Å². The Morgan fingerprint density at radius 2 is 0.776 bits per heavy atom. The minimum Gasteiger partial charge on any atom is -0.494 e. The number of benzene rings is 6. The Labute approximate surface area is 371 Å². The van der Waals surface area contributed by atoms with Crippen LogP contribution >= 0.6 is 0 Å². The Bertz CT molecular complexity index is 2760. The van der Waals surface area contributed by atoms with E-state index in [1.807, 2.05) is 0 Å². The lowest BCUT2D eigenvalue weighted by Crippen LogP contribution is -2.54. The number of rotatable bonds is 14. The van der Waals surface area contributed by atoms with Crippen molar-refractivity contribution < 1.29 is 85.3 Å². The van der Waals surface area contributed by atoms with Gasteiger partial charge in [0.2, 0.25) is 22.8 Å². The van der Waals surface area contributed by atoms with Crippen LogP contribution in [-0.4, -0.2) is 30.5 Å². The zero-order valence-corrected chi connectivity index (χ0v) is 35.0. The molecule has 0 atom stereocenters. The van der Waals surface area contributed by atoms with Crippen LogP contribution in [0.2, 0.25) is 0 Å². The number of alkyl halides is 6. The molecule has 0 aliphatic heterocycles.